The number of fused-ring (bicyclic) bond motifs is 3. The number of benzene rings is 3. The first-order chi connectivity index (χ1) is 19.6. The summed E-state index contributed by atoms with van der Waals surface area (Å²) < 4.78 is 2.03. The number of imidazole rings is 1. The molecule has 3 aliphatic rings. The predicted molar refractivity (Wildman–Crippen MR) is 159 cm³/mol. The highest BCUT2D eigenvalue weighted by molar-refractivity contribution is 5.94. The Morgan fingerprint density at radius 1 is 0.800 bits per heavy atom. The topological polar surface area (TPSA) is 61.3 Å². The van der Waals surface area contributed by atoms with Gasteiger partial charge in [0.05, 0.1) is 11.0 Å². The third-order valence-electron chi connectivity index (χ3n) is 10.1. The number of carbonyl (C=O) groups excluding carboxylic acids is 1. The second-order valence-corrected chi connectivity index (χ2v) is 12.1. The van der Waals surface area contributed by atoms with E-state index in [0.717, 1.165) is 68.3 Å². The Balaban J connectivity index is 1.07. The number of hydrogen-bond acceptors (Lipinski definition) is 3. The third kappa shape index (κ3) is 4.48. The molecule has 3 saturated heterocycles. The van der Waals surface area contributed by atoms with Gasteiger partial charge in [-0.05, 0) is 86.7 Å². The number of amides is 1. The summed E-state index contributed by atoms with van der Waals surface area (Å²) in [6.07, 6.45) is 7.60. The standard InChI is InChI=1S/C34H38N4O2/c39-32(25-9-3-1-4-10-25)36-20-17-34(18-21-36,26-11-5-2-6-12-26)19-22-37-27-15-16-28(37)24-29(23-27)38-31-14-8-7-13-30(31)35-33(38)40/h1-14,27-29H,15-24H2,(H,35,40)/t27-,28+,29?. The zero-order valence-electron chi connectivity index (χ0n) is 23.0. The van der Waals surface area contributed by atoms with Gasteiger partial charge in [0.15, 0.2) is 0 Å². The van der Waals surface area contributed by atoms with Crippen molar-refractivity contribution in [1.29, 1.82) is 0 Å². The van der Waals surface area contributed by atoms with Gasteiger partial charge in [-0.2, -0.15) is 0 Å². The van der Waals surface area contributed by atoms with E-state index in [1.54, 1.807) is 0 Å². The van der Waals surface area contributed by atoms with Gasteiger partial charge in [0.2, 0.25) is 0 Å². The molecule has 1 aromatic heterocycles. The molecule has 3 aromatic carbocycles. The van der Waals surface area contributed by atoms with E-state index >= 15 is 0 Å². The molecule has 4 heterocycles. The number of aromatic nitrogens is 2. The summed E-state index contributed by atoms with van der Waals surface area (Å²) in [4.78, 5) is 34.0. The van der Waals surface area contributed by atoms with Crippen molar-refractivity contribution in [3.8, 4) is 0 Å². The lowest BCUT2D eigenvalue weighted by Gasteiger charge is -2.45. The van der Waals surface area contributed by atoms with E-state index in [2.05, 4.69) is 46.3 Å². The molecule has 3 fully saturated rings. The lowest BCUT2D eigenvalue weighted by Crippen LogP contribution is -2.49. The van der Waals surface area contributed by atoms with Crippen molar-refractivity contribution < 1.29 is 4.79 Å². The fourth-order valence-electron chi connectivity index (χ4n) is 7.98. The van der Waals surface area contributed by atoms with E-state index in [0.29, 0.717) is 12.1 Å². The molecule has 40 heavy (non-hydrogen) atoms. The number of nitrogens with one attached hydrogen (secondary N) is 1. The van der Waals surface area contributed by atoms with Crippen LogP contribution in [0.2, 0.25) is 0 Å². The van der Waals surface area contributed by atoms with Crippen LogP contribution in [0.5, 0.6) is 0 Å². The van der Waals surface area contributed by atoms with Gasteiger partial charge in [-0.1, -0.05) is 60.7 Å². The van der Waals surface area contributed by atoms with E-state index in [-0.39, 0.29) is 23.1 Å². The predicted octanol–water partition coefficient (Wildman–Crippen LogP) is 5.76. The van der Waals surface area contributed by atoms with Crippen molar-refractivity contribution in [1.82, 2.24) is 19.4 Å². The molecule has 0 spiro atoms. The van der Waals surface area contributed by atoms with Gasteiger partial charge in [-0.3, -0.25) is 14.3 Å². The number of piperidine rings is 2. The Labute approximate surface area is 235 Å². The van der Waals surface area contributed by atoms with Gasteiger partial charge in [0, 0.05) is 36.8 Å². The first-order valence-corrected chi connectivity index (χ1v) is 15.0. The summed E-state index contributed by atoms with van der Waals surface area (Å²) in [5.74, 6) is 0.148. The lowest BCUT2D eigenvalue weighted by molar-refractivity contribution is 0.0606. The van der Waals surface area contributed by atoms with Crippen LogP contribution >= 0.6 is 0 Å². The molecule has 6 nitrogen and oxygen atoms in total. The minimum Gasteiger partial charge on any atom is -0.339 e. The van der Waals surface area contributed by atoms with E-state index in [4.69, 9.17) is 0 Å². The minimum atomic E-state index is 0.0268. The molecule has 206 valence electrons. The summed E-state index contributed by atoms with van der Waals surface area (Å²) >= 11 is 0. The van der Waals surface area contributed by atoms with E-state index in [9.17, 15) is 9.59 Å². The number of para-hydroxylation sites is 2. The van der Waals surface area contributed by atoms with Gasteiger partial charge in [0.1, 0.15) is 0 Å². The van der Waals surface area contributed by atoms with Gasteiger partial charge < -0.3 is 9.88 Å². The molecule has 0 saturated carbocycles. The molecule has 1 amide bonds. The fourth-order valence-corrected chi connectivity index (χ4v) is 7.98. The van der Waals surface area contributed by atoms with Crippen LogP contribution in [0.4, 0.5) is 0 Å². The molecule has 6 heteroatoms. The van der Waals surface area contributed by atoms with Crippen LogP contribution in [-0.2, 0) is 5.41 Å². The van der Waals surface area contributed by atoms with Gasteiger partial charge >= 0.3 is 5.69 Å². The summed E-state index contributed by atoms with van der Waals surface area (Å²) in [5.41, 5.74) is 4.27. The number of nitrogens with zero attached hydrogens (tertiary/aromatic N) is 3. The number of rotatable bonds is 6. The van der Waals surface area contributed by atoms with E-state index < -0.39 is 0 Å². The van der Waals surface area contributed by atoms with Gasteiger partial charge in [-0.15, -0.1) is 0 Å². The number of carbonyl (C=O) groups is 1. The smallest absolute Gasteiger partial charge is 0.326 e. The number of H-pyrrole nitrogens is 1. The summed E-state index contributed by atoms with van der Waals surface area (Å²) in [6, 6.07) is 30.1. The van der Waals surface area contributed by atoms with Crippen LogP contribution in [0, 0.1) is 0 Å². The van der Waals surface area contributed by atoms with Crippen molar-refractivity contribution in [2.24, 2.45) is 0 Å². The van der Waals surface area contributed by atoms with Crippen LogP contribution in [0.1, 0.15) is 66.9 Å². The van der Waals surface area contributed by atoms with Gasteiger partial charge in [0.25, 0.3) is 5.91 Å². The zero-order valence-corrected chi connectivity index (χ0v) is 23.0. The highest BCUT2D eigenvalue weighted by Gasteiger charge is 2.44. The second kappa shape index (κ2) is 10.4. The molecular formula is C34H38N4O2. The Hall–Kier alpha value is -3.64. The largest absolute Gasteiger partial charge is 0.339 e. The zero-order chi connectivity index (χ0) is 27.1. The minimum absolute atomic E-state index is 0.0268. The highest BCUT2D eigenvalue weighted by atomic mass is 16.2. The quantitative estimate of drug-likeness (QED) is 0.342. The van der Waals surface area contributed by atoms with Crippen LogP contribution < -0.4 is 5.69 Å². The number of likely N-dealkylation sites (tertiary alicyclic amines) is 1. The van der Waals surface area contributed by atoms with Crippen molar-refractivity contribution in [2.45, 2.75) is 68.5 Å². The molecule has 4 aromatic rings. The Morgan fingerprint density at radius 2 is 1.43 bits per heavy atom. The van der Waals surface area contributed by atoms with Crippen molar-refractivity contribution in [3.63, 3.8) is 0 Å². The Kier molecular flexibility index (Phi) is 6.59. The normalized spacial score (nSPS) is 24.4. The molecular weight excluding hydrogens is 496 g/mol. The molecule has 1 unspecified atom stereocenters. The maximum atomic E-state index is 13.2. The first kappa shape index (κ1) is 25.3. The lowest BCUT2D eigenvalue weighted by atomic mass is 9.70. The molecule has 1 N–H and O–H groups in total. The van der Waals surface area contributed by atoms with Crippen LogP contribution in [0.15, 0.2) is 89.7 Å². The van der Waals surface area contributed by atoms with Crippen LogP contribution in [0.3, 0.4) is 0 Å². The molecule has 3 atom stereocenters. The maximum Gasteiger partial charge on any atom is 0.326 e. The van der Waals surface area contributed by atoms with Crippen molar-refractivity contribution in [2.75, 3.05) is 19.6 Å². The number of hydrogen-bond donors (Lipinski definition) is 1. The second-order valence-electron chi connectivity index (χ2n) is 12.1. The first-order valence-electron chi connectivity index (χ1n) is 15.0. The molecule has 0 aliphatic carbocycles. The Bertz CT molecular complexity index is 1520. The van der Waals surface area contributed by atoms with E-state index in [1.165, 1.54) is 18.4 Å². The average Bonchev–Trinajstić information content (AvgIpc) is 3.47. The summed E-state index contributed by atoms with van der Waals surface area (Å²) in [7, 11) is 0. The van der Waals surface area contributed by atoms with Crippen LogP contribution in [-0.4, -0.2) is 57.0 Å². The van der Waals surface area contributed by atoms with Crippen LogP contribution in [0.25, 0.3) is 11.0 Å². The van der Waals surface area contributed by atoms with E-state index in [1.807, 2.05) is 58.0 Å². The van der Waals surface area contributed by atoms with Crippen molar-refractivity contribution >= 4 is 16.9 Å². The van der Waals surface area contributed by atoms with Gasteiger partial charge in [-0.25, -0.2) is 4.79 Å². The average molecular weight is 535 g/mol. The molecule has 2 bridgehead atoms. The molecule has 0 radical (unpaired) electrons. The Morgan fingerprint density at radius 3 is 2.12 bits per heavy atom. The monoisotopic (exact) mass is 534 g/mol. The highest BCUT2D eigenvalue weighted by Crippen LogP contribution is 2.44. The van der Waals surface area contributed by atoms with Crippen molar-refractivity contribution in [3.05, 3.63) is 107 Å². The summed E-state index contributed by atoms with van der Waals surface area (Å²) in [5, 5.41) is 0. The molecule has 7 rings (SSSR count). The molecule has 3 aliphatic heterocycles. The SMILES string of the molecule is O=C(c1ccccc1)N1CCC(CCN2[C@@H]3CC[C@H]2CC(n2c(=O)[nH]c4ccccc42)C3)(c2ccccc2)CC1. The summed E-state index contributed by atoms with van der Waals surface area (Å²) in [6.45, 7) is 2.66. The maximum absolute atomic E-state index is 13.2. The third-order valence-corrected chi connectivity index (χ3v) is 10.1. The number of aromatic amines is 1. The fraction of sp³-hybridized carbons (Fsp3) is 0.412.